The van der Waals surface area contributed by atoms with Gasteiger partial charge in [-0.1, -0.05) is 12.1 Å². The van der Waals surface area contributed by atoms with Gasteiger partial charge in [-0.15, -0.1) is 0 Å². The van der Waals surface area contributed by atoms with Crippen LogP contribution in [-0.4, -0.2) is 38.4 Å². The quantitative estimate of drug-likeness (QED) is 0.572. The molecule has 124 valence electrons. The third-order valence-corrected chi connectivity index (χ3v) is 2.83. The minimum absolute atomic E-state index is 0.174. The fourth-order valence-electron chi connectivity index (χ4n) is 2.00. The van der Waals surface area contributed by atoms with Crippen molar-refractivity contribution < 1.29 is 9.47 Å². The molecule has 0 bridgehead atoms. The highest BCUT2D eigenvalue weighted by molar-refractivity contribution is 5.80. The van der Waals surface area contributed by atoms with E-state index in [-0.39, 0.29) is 12.1 Å². The first-order valence-electron chi connectivity index (χ1n) is 7.84. The van der Waals surface area contributed by atoms with Crippen LogP contribution in [0.2, 0.25) is 0 Å². The van der Waals surface area contributed by atoms with E-state index in [1.807, 2.05) is 32.0 Å². The molecule has 0 aliphatic heterocycles. The van der Waals surface area contributed by atoms with Gasteiger partial charge in [-0.2, -0.15) is 0 Å². The number of hydrogen-bond acceptors (Lipinski definition) is 3. The zero-order chi connectivity index (χ0) is 16.4. The zero-order valence-corrected chi connectivity index (χ0v) is 14.3. The fourth-order valence-corrected chi connectivity index (χ4v) is 2.00. The van der Waals surface area contributed by atoms with Crippen LogP contribution in [0.25, 0.3) is 0 Å². The summed E-state index contributed by atoms with van der Waals surface area (Å²) < 4.78 is 10.8. The van der Waals surface area contributed by atoms with Gasteiger partial charge in [-0.3, -0.25) is 0 Å². The predicted molar refractivity (Wildman–Crippen MR) is 91.5 cm³/mol. The summed E-state index contributed by atoms with van der Waals surface area (Å²) in [6.07, 6.45) is 0.174. The first-order valence-corrected chi connectivity index (χ1v) is 7.84. The molecule has 1 aromatic carbocycles. The predicted octanol–water partition coefficient (Wildman–Crippen LogP) is 2.56. The van der Waals surface area contributed by atoms with Crippen molar-refractivity contribution in [1.82, 2.24) is 10.6 Å². The van der Waals surface area contributed by atoms with E-state index in [1.54, 1.807) is 7.11 Å². The topological polar surface area (TPSA) is 54.9 Å². The van der Waals surface area contributed by atoms with Crippen LogP contribution in [0.1, 0.15) is 33.3 Å². The maximum Gasteiger partial charge on any atom is 0.191 e. The molecule has 5 heteroatoms. The van der Waals surface area contributed by atoms with Gasteiger partial charge in [0.2, 0.25) is 0 Å². The maximum atomic E-state index is 5.71. The van der Waals surface area contributed by atoms with Gasteiger partial charge in [-0.25, -0.2) is 4.99 Å². The number of aliphatic imine (C=N–C) groups is 1. The molecule has 1 rings (SSSR count). The molecule has 1 aromatic rings. The molecule has 0 aliphatic carbocycles. The molecule has 0 amide bonds. The van der Waals surface area contributed by atoms with Gasteiger partial charge in [0.05, 0.1) is 19.3 Å². The van der Waals surface area contributed by atoms with E-state index in [0.29, 0.717) is 13.2 Å². The molecule has 0 radical (unpaired) electrons. The lowest BCUT2D eigenvalue weighted by Gasteiger charge is -2.17. The molecular formula is C17H29N3O2. The molecule has 1 atom stereocenters. The summed E-state index contributed by atoms with van der Waals surface area (Å²) >= 11 is 0. The summed E-state index contributed by atoms with van der Waals surface area (Å²) in [5.41, 5.74) is 1.12. The van der Waals surface area contributed by atoms with Crippen molar-refractivity contribution in [3.63, 3.8) is 0 Å². The summed E-state index contributed by atoms with van der Waals surface area (Å²) in [6.45, 7) is 10.2. The highest BCUT2D eigenvalue weighted by Gasteiger charge is 2.05. The highest BCUT2D eigenvalue weighted by Crippen LogP contribution is 2.15. The third kappa shape index (κ3) is 7.31. The van der Waals surface area contributed by atoms with Gasteiger partial charge >= 0.3 is 0 Å². The van der Waals surface area contributed by atoms with Crippen LogP contribution >= 0.6 is 0 Å². The number of methoxy groups -OCH3 is 1. The average Bonchev–Trinajstić information content (AvgIpc) is 2.45. The van der Waals surface area contributed by atoms with E-state index in [2.05, 4.69) is 35.5 Å². The number of ether oxygens (including phenoxy) is 2. The Hall–Kier alpha value is -1.75. The Kier molecular flexibility index (Phi) is 8.36. The van der Waals surface area contributed by atoms with E-state index in [4.69, 9.17) is 9.47 Å². The first-order chi connectivity index (χ1) is 10.5. The van der Waals surface area contributed by atoms with E-state index in [1.165, 1.54) is 0 Å². The van der Waals surface area contributed by atoms with Gasteiger partial charge in [0.1, 0.15) is 5.75 Å². The lowest BCUT2D eigenvalue weighted by atomic mass is 10.2. The summed E-state index contributed by atoms with van der Waals surface area (Å²) in [4.78, 5) is 4.61. The molecule has 0 heterocycles. The molecule has 0 spiro atoms. The van der Waals surface area contributed by atoms with E-state index >= 15 is 0 Å². The van der Waals surface area contributed by atoms with Crippen LogP contribution in [0.3, 0.4) is 0 Å². The Morgan fingerprint density at radius 3 is 2.68 bits per heavy atom. The molecule has 1 unspecified atom stereocenters. The number of guanidine groups is 1. The highest BCUT2D eigenvalue weighted by atomic mass is 16.5. The molecule has 2 N–H and O–H groups in total. The third-order valence-electron chi connectivity index (χ3n) is 2.83. The summed E-state index contributed by atoms with van der Waals surface area (Å²) in [7, 11) is 1.70. The standard InChI is InChI=1S/C17H29N3O2/c1-6-18-17(20-14(4)12-21-5)19-11-15-8-7-9-16(10-15)22-13(2)3/h7-10,13-14H,6,11-12H2,1-5H3,(H2,18,19,20). The fraction of sp³-hybridized carbons (Fsp3) is 0.588. The second kappa shape index (κ2) is 10.1. The number of nitrogens with zero attached hydrogens (tertiary/aromatic N) is 1. The van der Waals surface area contributed by atoms with Crippen LogP contribution < -0.4 is 15.4 Å². The average molecular weight is 307 g/mol. The van der Waals surface area contributed by atoms with Gasteiger partial charge in [-0.05, 0) is 45.4 Å². The van der Waals surface area contributed by atoms with Crippen molar-refractivity contribution >= 4 is 5.96 Å². The Morgan fingerprint density at radius 1 is 1.27 bits per heavy atom. The Morgan fingerprint density at radius 2 is 2.05 bits per heavy atom. The minimum atomic E-state index is 0.174. The molecule has 0 saturated heterocycles. The Bertz CT molecular complexity index is 461. The van der Waals surface area contributed by atoms with Gasteiger partial charge in [0.15, 0.2) is 5.96 Å². The molecule has 22 heavy (non-hydrogen) atoms. The van der Waals surface area contributed by atoms with Crippen LogP contribution in [0.4, 0.5) is 0 Å². The normalized spacial score (nSPS) is 13.1. The molecular weight excluding hydrogens is 278 g/mol. The van der Waals surface area contributed by atoms with E-state index in [9.17, 15) is 0 Å². The van der Waals surface area contributed by atoms with Crippen molar-refractivity contribution in [3.05, 3.63) is 29.8 Å². The van der Waals surface area contributed by atoms with Crippen molar-refractivity contribution in [2.75, 3.05) is 20.3 Å². The summed E-state index contributed by atoms with van der Waals surface area (Å²) in [5.74, 6) is 1.68. The zero-order valence-electron chi connectivity index (χ0n) is 14.3. The van der Waals surface area contributed by atoms with Crippen molar-refractivity contribution in [3.8, 4) is 5.75 Å². The van der Waals surface area contributed by atoms with Crippen LogP contribution in [-0.2, 0) is 11.3 Å². The second-order valence-corrected chi connectivity index (χ2v) is 5.51. The number of hydrogen-bond donors (Lipinski definition) is 2. The summed E-state index contributed by atoms with van der Waals surface area (Å²) in [6, 6.07) is 8.26. The van der Waals surface area contributed by atoms with E-state index < -0.39 is 0 Å². The van der Waals surface area contributed by atoms with Crippen molar-refractivity contribution in [2.45, 2.75) is 46.4 Å². The lowest BCUT2D eigenvalue weighted by Crippen LogP contribution is -2.43. The van der Waals surface area contributed by atoms with Crippen LogP contribution in [0, 0.1) is 0 Å². The lowest BCUT2D eigenvalue weighted by molar-refractivity contribution is 0.179. The van der Waals surface area contributed by atoms with Gasteiger partial charge in [0, 0.05) is 19.7 Å². The Balaban J connectivity index is 2.68. The van der Waals surface area contributed by atoms with Crippen molar-refractivity contribution in [2.24, 2.45) is 4.99 Å². The molecule has 0 fully saturated rings. The smallest absolute Gasteiger partial charge is 0.191 e. The molecule has 0 aromatic heterocycles. The van der Waals surface area contributed by atoms with Gasteiger partial charge < -0.3 is 20.1 Å². The van der Waals surface area contributed by atoms with Crippen LogP contribution in [0.15, 0.2) is 29.3 Å². The minimum Gasteiger partial charge on any atom is -0.491 e. The number of benzene rings is 1. The van der Waals surface area contributed by atoms with Crippen molar-refractivity contribution in [1.29, 1.82) is 0 Å². The van der Waals surface area contributed by atoms with E-state index in [0.717, 1.165) is 23.8 Å². The van der Waals surface area contributed by atoms with Gasteiger partial charge in [0.25, 0.3) is 0 Å². The second-order valence-electron chi connectivity index (χ2n) is 5.51. The maximum absolute atomic E-state index is 5.71. The van der Waals surface area contributed by atoms with Crippen LogP contribution in [0.5, 0.6) is 5.75 Å². The Labute approximate surface area is 134 Å². The molecule has 5 nitrogen and oxygen atoms in total. The number of nitrogens with one attached hydrogen (secondary N) is 2. The molecule has 0 saturated carbocycles. The largest absolute Gasteiger partial charge is 0.491 e. The number of rotatable bonds is 8. The SMILES string of the molecule is CCNC(=NCc1cccc(OC(C)C)c1)NC(C)COC. The monoisotopic (exact) mass is 307 g/mol. The molecule has 0 aliphatic rings. The first kappa shape index (κ1) is 18.3. The summed E-state index contributed by atoms with van der Waals surface area (Å²) in [5, 5.41) is 6.56.